The van der Waals surface area contributed by atoms with E-state index in [9.17, 15) is 0 Å². The highest BCUT2D eigenvalue weighted by atomic mass is 15.0. The van der Waals surface area contributed by atoms with E-state index in [1.165, 1.54) is 23.7 Å². The summed E-state index contributed by atoms with van der Waals surface area (Å²) < 4.78 is 0. The standard InChI is InChI=1S/C10H12/c1-5-6(1)10-3-9(5,4-10)7-2-8(7)10/h5-8H,1-4H2. The first-order chi connectivity index (χ1) is 4.87. The van der Waals surface area contributed by atoms with Gasteiger partial charge < -0.3 is 0 Å². The molecule has 0 heterocycles. The lowest BCUT2D eigenvalue weighted by Crippen LogP contribution is -2.37. The molecule has 7 aliphatic carbocycles. The summed E-state index contributed by atoms with van der Waals surface area (Å²) in [7, 11) is 0. The van der Waals surface area contributed by atoms with Gasteiger partial charge in [-0.1, -0.05) is 0 Å². The molecule has 0 aromatic heterocycles. The van der Waals surface area contributed by atoms with Crippen molar-refractivity contribution in [1.29, 1.82) is 0 Å². The Morgan fingerprint density at radius 3 is 1.40 bits per heavy atom. The lowest BCUT2D eigenvalue weighted by Gasteiger charge is -2.45. The fourth-order valence-corrected chi connectivity index (χ4v) is 5.70. The molecule has 7 rings (SSSR count). The van der Waals surface area contributed by atoms with Gasteiger partial charge in [-0.2, -0.15) is 0 Å². The van der Waals surface area contributed by atoms with Gasteiger partial charge in [0.15, 0.2) is 0 Å². The SMILES string of the molecule is C1C2C1C13CC2(C1)C1CC13. The minimum Gasteiger partial charge on any atom is -0.0459 e. The Balaban J connectivity index is 1.95. The van der Waals surface area contributed by atoms with Crippen molar-refractivity contribution in [2.24, 2.45) is 34.5 Å². The van der Waals surface area contributed by atoms with Gasteiger partial charge in [-0.3, -0.25) is 0 Å². The van der Waals surface area contributed by atoms with E-state index in [4.69, 9.17) is 0 Å². The fraction of sp³-hybridized carbons (Fsp3) is 1.00. The minimum atomic E-state index is 1.01. The molecule has 0 radical (unpaired) electrons. The summed E-state index contributed by atoms with van der Waals surface area (Å²) in [6, 6.07) is 0. The van der Waals surface area contributed by atoms with Crippen molar-refractivity contribution in [1.82, 2.24) is 0 Å². The van der Waals surface area contributed by atoms with Crippen LogP contribution in [-0.2, 0) is 0 Å². The molecule has 0 N–H and O–H groups in total. The largest absolute Gasteiger partial charge is 0.0459 e. The van der Waals surface area contributed by atoms with E-state index in [1.54, 1.807) is 25.7 Å². The summed E-state index contributed by atoms with van der Waals surface area (Å²) in [5.41, 5.74) is 2.02. The van der Waals surface area contributed by atoms with E-state index in [1.807, 2.05) is 0 Å². The molecular weight excluding hydrogens is 120 g/mol. The van der Waals surface area contributed by atoms with Gasteiger partial charge >= 0.3 is 0 Å². The van der Waals surface area contributed by atoms with Crippen molar-refractivity contribution < 1.29 is 0 Å². The Morgan fingerprint density at radius 2 is 1.10 bits per heavy atom. The van der Waals surface area contributed by atoms with Gasteiger partial charge in [0.05, 0.1) is 0 Å². The number of rotatable bonds is 0. The molecule has 0 spiro atoms. The average molecular weight is 132 g/mol. The van der Waals surface area contributed by atoms with Crippen molar-refractivity contribution in [2.75, 3.05) is 0 Å². The molecule has 0 saturated heterocycles. The molecule has 52 valence electrons. The zero-order valence-corrected chi connectivity index (χ0v) is 6.14. The van der Waals surface area contributed by atoms with Crippen LogP contribution in [0.25, 0.3) is 0 Å². The molecule has 10 heavy (non-hydrogen) atoms. The lowest BCUT2D eigenvalue weighted by atomic mass is 9.59. The van der Waals surface area contributed by atoms with Crippen LogP contribution < -0.4 is 0 Å². The van der Waals surface area contributed by atoms with Crippen LogP contribution in [-0.4, -0.2) is 0 Å². The van der Waals surface area contributed by atoms with Gasteiger partial charge in [-0.05, 0) is 60.2 Å². The number of hydrogen-bond donors (Lipinski definition) is 0. The van der Waals surface area contributed by atoms with Crippen molar-refractivity contribution in [3.05, 3.63) is 0 Å². The first-order valence-electron chi connectivity index (χ1n) is 4.87. The van der Waals surface area contributed by atoms with Crippen LogP contribution in [0.3, 0.4) is 0 Å². The van der Waals surface area contributed by atoms with E-state index >= 15 is 0 Å². The maximum Gasteiger partial charge on any atom is -0.0224 e. The first-order valence-corrected chi connectivity index (χ1v) is 4.87. The van der Waals surface area contributed by atoms with Gasteiger partial charge in [0.1, 0.15) is 0 Å². The monoisotopic (exact) mass is 132 g/mol. The van der Waals surface area contributed by atoms with Crippen LogP contribution in [0.5, 0.6) is 0 Å². The second kappa shape index (κ2) is 0.735. The van der Waals surface area contributed by atoms with Gasteiger partial charge in [0.25, 0.3) is 0 Å². The van der Waals surface area contributed by atoms with Gasteiger partial charge in [-0.25, -0.2) is 0 Å². The average Bonchev–Trinajstić information content (AvgIpc) is 2.69. The second-order valence-corrected chi connectivity index (χ2v) is 5.72. The number of hydrogen-bond acceptors (Lipinski definition) is 0. The normalized spacial score (nSPS) is 91.2. The molecule has 0 aromatic rings. The summed E-state index contributed by atoms with van der Waals surface area (Å²) in [4.78, 5) is 0. The van der Waals surface area contributed by atoms with E-state index in [0.29, 0.717) is 0 Å². The predicted molar refractivity (Wildman–Crippen MR) is 37.3 cm³/mol. The van der Waals surface area contributed by atoms with E-state index < -0.39 is 0 Å². The highest BCUT2D eigenvalue weighted by molar-refractivity contribution is 5.40. The van der Waals surface area contributed by atoms with Crippen molar-refractivity contribution in [3.63, 3.8) is 0 Å². The third kappa shape index (κ3) is 0.170. The fourth-order valence-electron chi connectivity index (χ4n) is 5.70. The van der Waals surface area contributed by atoms with E-state index in [-0.39, 0.29) is 0 Å². The summed E-state index contributed by atoms with van der Waals surface area (Å²) in [5, 5.41) is 0. The van der Waals surface area contributed by atoms with Crippen LogP contribution in [0.2, 0.25) is 0 Å². The zero-order valence-electron chi connectivity index (χ0n) is 6.14. The molecule has 0 aliphatic heterocycles. The van der Waals surface area contributed by atoms with E-state index in [2.05, 4.69) is 0 Å². The molecule has 2 bridgehead atoms. The Morgan fingerprint density at radius 1 is 0.700 bits per heavy atom. The Kier molecular flexibility index (Phi) is 0.304. The Hall–Kier alpha value is 0. The molecule has 7 saturated carbocycles. The highest BCUT2D eigenvalue weighted by Gasteiger charge is 2.92. The first kappa shape index (κ1) is 4.13. The summed E-state index contributed by atoms with van der Waals surface area (Å²) in [6.07, 6.45) is 6.72. The quantitative estimate of drug-likeness (QED) is 0.473. The van der Waals surface area contributed by atoms with Crippen LogP contribution in [0.1, 0.15) is 25.7 Å². The van der Waals surface area contributed by atoms with Crippen molar-refractivity contribution >= 4 is 0 Å². The van der Waals surface area contributed by atoms with Crippen LogP contribution in [0.15, 0.2) is 0 Å². The Bertz CT molecular complexity index is 213. The summed E-state index contributed by atoms with van der Waals surface area (Å²) in [5.74, 6) is 5.10. The molecule has 0 heteroatoms. The molecule has 0 amide bonds. The van der Waals surface area contributed by atoms with Crippen molar-refractivity contribution in [2.45, 2.75) is 25.7 Å². The van der Waals surface area contributed by atoms with Gasteiger partial charge in [0, 0.05) is 0 Å². The third-order valence-electron chi connectivity index (χ3n) is 5.85. The summed E-state index contributed by atoms with van der Waals surface area (Å²) >= 11 is 0. The van der Waals surface area contributed by atoms with Crippen molar-refractivity contribution in [3.8, 4) is 0 Å². The topological polar surface area (TPSA) is 0 Å². The maximum atomic E-state index is 1.70. The second-order valence-electron chi connectivity index (χ2n) is 5.72. The summed E-state index contributed by atoms with van der Waals surface area (Å²) in [6.45, 7) is 0. The highest BCUT2D eigenvalue weighted by Crippen LogP contribution is 2.99. The molecular formula is C10H12. The Labute approximate surface area is 61.0 Å². The van der Waals surface area contributed by atoms with Crippen LogP contribution >= 0.6 is 0 Å². The van der Waals surface area contributed by atoms with Crippen LogP contribution in [0.4, 0.5) is 0 Å². The minimum absolute atomic E-state index is 1.01. The smallest absolute Gasteiger partial charge is 0.0224 e. The third-order valence-corrected chi connectivity index (χ3v) is 5.85. The molecule has 7 aliphatic rings. The van der Waals surface area contributed by atoms with Gasteiger partial charge in [-0.15, -0.1) is 0 Å². The molecule has 0 aromatic carbocycles. The molecule has 4 atom stereocenters. The van der Waals surface area contributed by atoms with Crippen LogP contribution in [0, 0.1) is 34.5 Å². The van der Waals surface area contributed by atoms with E-state index in [0.717, 1.165) is 10.8 Å². The lowest BCUT2D eigenvalue weighted by molar-refractivity contribution is 0.0386. The molecule has 0 nitrogen and oxygen atoms in total. The zero-order chi connectivity index (χ0) is 6.14. The van der Waals surface area contributed by atoms with Gasteiger partial charge in [0.2, 0.25) is 0 Å². The maximum absolute atomic E-state index is 1.70. The molecule has 4 unspecified atom stereocenters. The predicted octanol–water partition coefficient (Wildman–Crippen LogP) is 2.05. The molecule has 7 fully saturated rings.